The predicted molar refractivity (Wildman–Crippen MR) is 137 cm³/mol. The standard InChI is InChI=1S/C30H32N2/c1-6-21-12-9-15-24-28(21)26(19(4)31-24)30(23-14-8-11-18(3)17-23)27-20(5)32-25-16-10-13-22(7-2)29(25)27/h8-17,30-32H,6-7H2,1-5H3. The molecule has 0 fully saturated rings. The zero-order valence-electron chi connectivity index (χ0n) is 19.8. The summed E-state index contributed by atoms with van der Waals surface area (Å²) in [4.78, 5) is 7.43. The highest BCUT2D eigenvalue weighted by molar-refractivity contribution is 5.94. The van der Waals surface area contributed by atoms with E-state index in [0.29, 0.717) is 0 Å². The monoisotopic (exact) mass is 420 g/mol. The SMILES string of the molecule is CCc1cccc2[nH]c(C)c(C(c3cccc(C)c3)c3c(C)[nH]c4cccc(CC)c34)c12. The van der Waals surface area contributed by atoms with Gasteiger partial charge in [0, 0.05) is 39.1 Å². The maximum absolute atomic E-state index is 3.71. The van der Waals surface area contributed by atoms with E-state index in [0.717, 1.165) is 12.8 Å². The van der Waals surface area contributed by atoms with Gasteiger partial charge in [-0.25, -0.2) is 0 Å². The van der Waals surface area contributed by atoms with Crippen LogP contribution in [0.15, 0.2) is 60.7 Å². The van der Waals surface area contributed by atoms with Gasteiger partial charge in [-0.05, 0) is 73.6 Å². The third-order valence-corrected chi connectivity index (χ3v) is 7.01. The van der Waals surface area contributed by atoms with Crippen molar-refractivity contribution in [3.05, 3.63) is 105 Å². The van der Waals surface area contributed by atoms with Crippen LogP contribution in [0.3, 0.4) is 0 Å². The van der Waals surface area contributed by atoms with Crippen LogP contribution in [-0.4, -0.2) is 9.97 Å². The minimum Gasteiger partial charge on any atom is -0.358 e. The van der Waals surface area contributed by atoms with Crippen molar-refractivity contribution in [3.8, 4) is 0 Å². The van der Waals surface area contributed by atoms with Crippen LogP contribution in [0, 0.1) is 20.8 Å². The number of aromatic nitrogens is 2. The number of hydrogen-bond acceptors (Lipinski definition) is 0. The van der Waals surface area contributed by atoms with E-state index in [1.54, 1.807) is 0 Å². The second-order valence-corrected chi connectivity index (χ2v) is 9.06. The molecule has 32 heavy (non-hydrogen) atoms. The van der Waals surface area contributed by atoms with Gasteiger partial charge in [0.05, 0.1) is 0 Å². The van der Waals surface area contributed by atoms with E-state index in [-0.39, 0.29) is 5.92 Å². The lowest BCUT2D eigenvalue weighted by Gasteiger charge is -2.22. The highest BCUT2D eigenvalue weighted by Gasteiger charge is 2.28. The molecule has 0 saturated carbocycles. The number of rotatable bonds is 5. The van der Waals surface area contributed by atoms with Gasteiger partial charge in [0.15, 0.2) is 0 Å². The van der Waals surface area contributed by atoms with Crippen LogP contribution < -0.4 is 0 Å². The maximum Gasteiger partial charge on any atom is 0.0462 e. The minimum atomic E-state index is 0.165. The average molecular weight is 421 g/mol. The summed E-state index contributed by atoms with van der Waals surface area (Å²) in [5, 5.41) is 2.78. The number of fused-ring (bicyclic) bond motifs is 2. The molecule has 5 rings (SSSR count). The number of aryl methyl sites for hydroxylation is 5. The molecule has 2 N–H and O–H groups in total. The average Bonchev–Trinajstić information content (AvgIpc) is 3.30. The van der Waals surface area contributed by atoms with Crippen LogP contribution in [0.4, 0.5) is 0 Å². The molecular weight excluding hydrogens is 388 g/mol. The molecule has 2 aromatic heterocycles. The predicted octanol–water partition coefficient (Wildman–Crippen LogP) is 7.88. The van der Waals surface area contributed by atoms with E-state index < -0.39 is 0 Å². The van der Waals surface area contributed by atoms with E-state index in [4.69, 9.17) is 0 Å². The Morgan fingerprint density at radius 3 is 1.62 bits per heavy atom. The summed E-state index contributed by atoms with van der Waals surface area (Å²) in [6.45, 7) is 11.2. The highest BCUT2D eigenvalue weighted by atomic mass is 14.7. The smallest absolute Gasteiger partial charge is 0.0462 e. The van der Waals surface area contributed by atoms with E-state index in [2.05, 4.69) is 105 Å². The Kier molecular flexibility index (Phi) is 5.17. The molecule has 2 heteroatoms. The fourth-order valence-corrected chi connectivity index (χ4v) is 5.60. The van der Waals surface area contributed by atoms with Gasteiger partial charge in [0.2, 0.25) is 0 Å². The lowest BCUT2D eigenvalue weighted by Crippen LogP contribution is -2.07. The molecule has 162 valence electrons. The van der Waals surface area contributed by atoms with Crippen molar-refractivity contribution in [1.82, 2.24) is 9.97 Å². The molecule has 2 heterocycles. The van der Waals surface area contributed by atoms with Gasteiger partial charge in [-0.15, -0.1) is 0 Å². The molecule has 0 saturated heterocycles. The topological polar surface area (TPSA) is 31.6 Å². The van der Waals surface area contributed by atoms with E-state index in [1.807, 2.05) is 0 Å². The summed E-state index contributed by atoms with van der Waals surface area (Å²) in [6.07, 6.45) is 2.05. The van der Waals surface area contributed by atoms with Gasteiger partial charge in [0.25, 0.3) is 0 Å². The Bertz CT molecular complexity index is 1340. The molecule has 0 radical (unpaired) electrons. The first kappa shape index (κ1) is 20.6. The molecule has 0 aliphatic carbocycles. The summed E-state index contributed by atoms with van der Waals surface area (Å²) < 4.78 is 0. The lowest BCUT2D eigenvalue weighted by atomic mass is 9.80. The molecule has 0 aliphatic rings. The Morgan fingerprint density at radius 1 is 0.656 bits per heavy atom. The van der Waals surface area contributed by atoms with E-state index in [9.17, 15) is 0 Å². The molecule has 2 nitrogen and oxygen atoms in total. The molecule has 0 spiro atoms. The van der Waals surface area contributed by atoms with Crippen LogP contribution in [0.2, 0.25) is 0 Å². The third-order valence-electron chi connectivity index (χ3n) is 7.01. The Labute approximate surface area is 190 Å². The second-order valence-electron chi connectivity index (χ2n) is 9.06. The summed E-state index contributed by atoms with van der Waals surface area (Å²) in [5.74, 6) is 0.165. The van der Waals surface area contributed by atoms with E-state index >= 15 is 0 Å². The number of H-pyrrole nitrogens is 2. The fourth-order valence-electron chi connectivity index (χ4n) is 5.60. The number of benzene rings is 3. The van der Waals surface area contributed by atoms with Crippen molar-refractivity contribution in [2.24, 2.45) is 0 Å². The van der Waals surface area contributed by atoms with Crippen LogP contribution in [0.5, 0.6) is 0 Å². The Morgan fingerprint density at radius 2 is 1.16 bits per heavy atom. The number of hydrogen-bond donors (Lipinski definition) is 2. The quantitative estimate of drug-likeness (QED) is 0.290. The summed E-state index contributed by atoms with van der Waals surface area (Å²) >= 11 is 0. The van der Waals surface area contributed by atoms with Crippen molar-refractivity contribution >= 4 is 21.8 Å². The lowest BCUT2D eigenvalue weighted by molar-refractivity contribution is 0.955. The van der Waals surface area contributed by atoms with Crippen molar-refractivity contribution < 1.29 is 0 Å². The van der Waals surface area contributed by atoms with Gasteiger partial charge in [-0.2, -0.15) is 0 Å². The zero-order valence-corrected chi connectivity index (χ0v) is 19.8. The highest BCUT2D eigenvalue weighted by Crippen LogP contribution is 2.44. The third kappa shape index (κ3) is 3.17. The van der Waals surface area contributed by atoms with Crippen LogP contribution in [-0.2, 0) is 12.8 Å². The van der Waals surface area contributed by atoms with Crippen molar-refractivity contribution in [2.75, 3.05) is 0 Å². The normalized spacial score (nSPS) is 11.8. The first-order valence-electron chi connectivity index (χ1n) is 11.8. The first-order valence-corrected chi connectivity index (χ1v) is 11.8. The summed E-state index contributed by atoms with van der Waals surface area (Å²) in [5.41, 5.74) is 13.3. The zero-order chi connectivity index (χ0) is 22.4. The molecular formula is C30H32N2. The van der Waals surface area contributed by atoms with Gasteiger partial charge in [-0.1, -0.05) is 67.9 Å². The maximum atomic E-state index is 3.71. The Hall–Kier alpha value is -3.26. The Balaban J connectivity index is 1.93. The summed E-state index contributed by atoms with van der Waals surface area (Å²) in [6, 6.07) is 22.4. The van der Waals surface area contributed by atoms with Crippen LogP contribution in [0.1, 0.15) is 64.5 Å². The molecule has 3 aromatic carbocycles. The van der Waals surface area contributed by atoms with Gasteiger partial charge in [-0.3, -0.25) is 0 Å². The molecule has 0 atom stereocenters. The van der Waals surface area contributed by atoms with Gasteiger partial charge >= 0.3 is 0 Å². The minimum absolute atomic E-state index is 0.165. The first-order chi connectivity index (χ1) is 15.5. The van der Waals surface area contributed by atoms with Gasteiger partial charge in [0.1, 0.15) is 0 Å². The fraction of sp³-hybridized carbons (Fsp3) is 0.267. The molecule has 5 aromatic rings. The molecule has 0 amide bonds. The second kappa shape index (κ2) is 8.02. The van der Waals surface area contributed by atoms with Crippen LogP contribution >= 0.6 is 0 Å². The van der Waals surface area contributed by atoms with E-state index in [1.165, 1.54) is 66.6 Å². The van der Waals surface area contributed by atoms with Crippen molar-refractivity contribution in [2.45, 2.75) is 53.4 Å². The molecule has 0 bridgehead atoms. The van der Waals surface area contributed by atoms with Gasteiger partial charge < -0.3 is 9.97 Å². The van der Waals surface area contributed by atoms with Crippen molar-refractivity contribution in [3.63, 3.8) is 0 Å². The largest absolute Gasteiger partial charge is 0.358 e. The van der Waals surface area contributed by atoms with Crippen molar-refractivity contribution in [1.29, 1.82) is 0 Å². The van der Waals surface area contributed by atoms with Crippen LogP contribution in [0.25, 0.3) is 21.8 Å². The molecule has 0 aliphatic heterocycles. The number of nitrogens with one attached hydrogen (secondary N) is 2. The number of aromatic amines is 2. The molecule has 0 unspecified atom stereocenters. The summed E-state index contributed by atoms with van der Waals surface area (Å²) in [7, 11) is 0.